The number of sulfonamides is 1. The fourth-order valence-electron chi connectivity index (χ4n) is 3.29. The summed E-state index contributed by atoms with van der Waals surface area (Å²) in [6.45, 7) is 2.96. The van der Waals surface area contributed by atoms with Crippen molar-refractivity contribution in [3.63, 3.8) is 0 Å². The molecule has 3 rings (SSSR count). The van der Waals surface area contributed by atoms with Crippen molar-refractivity contribution in [1.82, 2.24) is 9.21 Å². The van der Waals surface area contributed by atoms with Gasteiger partial charge in [0.1, 0.15) is 6.61 Å². The Hall–Kier alpha value is -2.62. The number of nitrogens with one attached hydrogen (secondary N) is 1. The monoisotopic (exact) mass is 433 g/mol. The zero-order valence-electron chi connectivity index (χ0n) is 17.6. The lowest BCUT2D eigenvalue weighted by molar-refractivity contribution is -0.114. The van der Waals surface area contributed by atoms with Gasteiger partial charge in [-0.3, -0.25) is 4.79 Å². The summed E-state index contributed by atoms with van der Waals surface area (Å²) in [4.78, 5) is 13.6. The summed E-state index contributed by atoms with van der Waals surface area (Å²) >= 11 is 0. The highest BCUT2D eigenvalue weighted by molar-refractivity contribution is 7.89. The molecule has 0 spiro atoms. The molecule has 2 aromatic carbocycles. The second-order valence-corrected chi connectivity index (χ2v) is 9.30. The van der Waals surface area contributed by atoms with E-state index in [0.717, 1.165) is 11.1 Å². The Morgan fingerprint density at radius 3 is 2.60 bits per heavy atom. The molecule has 1 heterocycles. The average molecular weight is 434 g/mol. The number of likely N-dealkylation sites (N-methyl/N-ethyl adjacent to an activating group) is 1. The van der Waals surface area contributed by atoms with E-state index in [9.17, 15) is 13.2 Å². The van der Waals surface area contributed by atoms with E-state index in [1.807, 2.05) is 31.1 Å². The van der Waals surface area contributed by atoms with Gasteiger partial charge in [-0.1, -0.05) is 12.1 Å². The molecule has 0 aliphatic carbocycles. The van der Waals surface area contributed by atoms with Crippen molar-refractivity contribution < 1.29 is 22.7 Å². The smallest absolute Gasteiger partial charge is 0.243 e. The van der Waals surface area contributed by atoms with E-state index in [1.165, 1.54) is 30.5 Å². The summed E-state index contributed by atoms with van der Waals surface area (Å²) in [7, 11) is 1.62. The largest absolute Gasteiger partial charge is 0.493 e. The minimum atomic E-state index is -3.77. The maximum absolute atomic E-state index is 13.3. The SMILES string of the molecule is COc1ccc(S(=O)(=O)N2Cc3cccc(NC(C)=O)c3C2)cc1OCCN(C)C. The normalized spacial score (nSPS) is 13.9. The molecule has 30 heavy (non-hydrogen) atoms. The number of ether oxygens (including phenoxy) is 2. The summed E-state index contributed by atoms with van der Waals surface area (Å²) in [6, 6.07) is 10.1. The topological polar surface area (TPSA) is 88.2 Å². The molecular weight excluding hydrogens is 406 g/mol. The van der Waals surface area contributed by atoms with Crippen molar-refractivity contribution in [2.24, 2.45) is 0 Å². The lowest BCUT2D eigenvalue weighted by atomic mass is 10.1. The number of methoxy groups -OCH3 is 1. The van der Waals surface area contributed by atoms with Crippen LogP contribution in [0.5, 0.6) is 11.5 Å². The maximum Gasteiger partial charge on any atom is 0.243 e. The van der Waals surface area contributed by atoms with Crippen LogP contribution in [0.4, 0.5) is 5.69 Å². The number of benzene rings is 2. The number of carbonyl (C=O) groups excluding carboxylic acids is 1. The third kappa shape index (κ3) is 4.75. The fraction of sp³-hybridized carbons (Fsp3) is 0.381. The summed E-state index contributed by atoms with van der Waals surface area (Å²) in [6.07, 6.45) is 0. The predicted molar refractivity (Wildman–Crippen MR) is 114 cm³/mol. The van der Waals surface area contributed by atoms with Crippen LogP contribution >= 0.6 is 0 Å². The average Bonchev–Trinajstić information content (AvgIpc) is 3.13. The maximum atomic E-state index is 13.3. The summed E-state index contributed by atoms with van der Waals surface area (Å²) in [5.41, 5.74) is 2.33. The van der Waals surface area contributed by atoms with Gasteiger partial charge < -0.3 is 19.7 Å². The lowest BCUT2D eigenvalue weighted by Crippen LogP contribution is -2.26. The van der Waals surface area contributed by atoms with Gasteiger partial charge in [-0.25, -0.2) is 8.42 Å². The van der Waals surface area contributed by atoms with Gasteiger partial charge in [-0.05, 0) is 43.4 Å². The Labute approximate surface area is 177 Å². The van der Waals surface area contributed by atoms with Crippen molar-refractivity contribution in [3.05, 3.63) is 47.5 Å². The molecule has 0 unspecified atom stereocenters. The molecule has 9 heteroatoms. The second kappa shape index (κ2) is 9.03. The minimum absolute atomic E-state index is 0.136. The molecule has 0 saturated heterocycles. The molecule has 0 aromatic heterocycles. The molecule has 1 aliphatic rings. The first-order valence-electron chi connectivity index (χ1n) is 9.56. The standard InChI is InChI=1S/C21H27N3O5S/c1-15(25)22-19-7-5-6-16-13-24(14-18(16)19)30(26,27)17-8-9-20(28-4)21(12-17)29-11-10-23(2)3/h5-9,12H,10-11,13-14H2,1-4H3,(H,22,25). The quantitative estimate of drug-likeness (QED) is 0.687. The highest BCUT2D eigenvalue weighted by Gasteiger charge is 2.32. The van der Waals surface area contributed by atoms with E-state index in [1.54, 1.807) is 12.1 Å². The van der Waals surface area contributed by atoms with Gasteiger partial charge in [0.25, 0.3) is 0 Å². The summed E-state index contributed by atoms with van der Waals surface area (Å²) in [5, 5.41) is 2.77. The predicted octanol–water partition coefficient (Wildman–Crippen LogP) is 2.30. The minimum Gasteiger partial charge on any atom is -0.493 e. The van der Waals surface area contributed by atoms with Crippen LogP contribution in [0, 0.1) is 0 Å². The molecule has 0 atom stereocenters. The highest BCUT2D eigenvalue weighted by atomic mass is 32.2. The van der Waals surface area contributed by atoms with Gasteiger partial charge >= 0.3 is 0 Å². The summed E-state index contributed by atoms with van der Waals surface area (Å²) in [5.74, 6) is 0.667. The number of hydrogen-bond acceptors (Lipinski definition) is 6. The van der Waals surface area contributed by atoms with Crippen molar-refractivity contribution in [2.45, 2.75) is 24.9 Å². The van der Waals surface area contributed by atoms with Crippen molar-refractivity contribution in [1.29, 1.82) is 0 Å². The van der Waals surface area contributed by atoms with Crippen molar-refractivity contribution in [2.75, 3.05) is 39.7 Å². The molecule has 8 nitrogen and oxygen atoms in total. The molecule has 0 bridgehead atoms. The van der Waals surface area contributed by atoms with Crippen molar-refractivity contribution in [3.8, 4) is 11.5 Å². The highest BCUT2D eigenvalue weighted by Crippen LogP contribution is 2.36. The van der Waals surface area contributed by atoms with E-state index in [2.05, 4.69) is 5.32 Å². The van der Waals surface area contributed by atoms with E-state index in [4.69, 9.17) is 9.47 Å². The Morgan fingerprint density at radius 1 is 1.17 bits per heavy atom. The lowest BCUT2D eigenvalue weighted by Gasteiger charge is -2.18. The molecule has 1 amide bonds. The van der Waals surface area contributed by atoms with Gasteiger partial charge in [0.05, 0.1) is 12.0 Å². The van der Waals surface area contributed by atoms with Crippen LogP contribution in [0.25, 0.3) is 0 Å². The number of anilines is 1. The van der Waals surface area contributed by atoms with Crippen LogP contribution in [0.3, 0.4) is 0 Å². The number of amides is 1. The van der Waals surface area contributed by atoms with Gasteiger partial charge in [0.15, 0.2) is 11.5 Å². The zero-order chi connectivity index (χ0) is 21.9. The molecule has 0 fully saturated rings. The molecule has 0 saturated carbocycles. The molecule has 162 valence electrons. The number of fused-ring (bicyclic) bond motifs is 1. The van der Waals surface area contributed by atoms with E-state index in [-0.39, 0.29) is 23.9 Å². The number of rotatable bonds is 8. The molecule has 2 aromatic rings. The molecule has 0 radical (unpaired) electrons. The van der Waals surface area contributed by atoms with E-state index >= 15 is 0 Å². The molecule has 1 aliphatic heterocycles. The van der Waals surface area contributed by atoms with E-state index in [0.29, 0.717) is 30.3 Å². The van der Waals surface area contributed by atoms with E-state index < -0.39 is 10.0 Å². The first kappa shape index (κ1) is 22.1. The van der Waals surface area contributed by atoms with Crippen molar-refractivity contribution >= 4 is 21.6 Å². The van der Waals surface area contributed by atoms with Gasteiger partial charge in [0.2, 0.25) is 15.9 Å². The first-order chi connectivity index (χ1) is 14.2. The van der Waals surface area contributed by atoms with Gasteiger partial charge in [-0.15, -0.1) is 0 Å². The Bertz CT molecular complexity index is 1040. The Balaban J connectivity index is 1.86. The van der Waals surface area contributed by atoms with Crippen LogP contribution in [-0.2, 0) is 27.9 Å². The number of hydrogen-bond donors (Lipinski definition) is 1. The van der Waals surface area contributed by atoms with Gasteiger partial charge in [-0.2, -0.15) is 4.31 Å². The Morgan fingerprint density at radius 2 is 1.93 bits per heavy atom. The Kier molecular flexibility index (Phi) is 6.64. The zero-order valence-corrected chi connectivity index (χ0v) is 18.5. The third-order valence-electron chi connectivity index (χ3n) is 4.83. The second-order valence-electron chi connectivity index (χ2n) is 7.36. The van der Waals surface area contributed by atoms with Crippen LogP contribution in [0.2, 0.25) is 0 Å². The first-order valence-corrected chi connectivity index (χ1v) is 11.0. The fourth-order valence-corrected chi connectivity index (χ4v) is 4.69. The number of carbonyl (C=O) groups is 1. The molecular formula is C21H27N3O5S. The number of nitrogens with zero attached hydrogens (tertiary/aromatic N) is 2. The van der Waals surface area contributed by atoms with Crippen LogP contribution in [-0.4, -0.2) is 57.9 Å². The van der Waals surface area contributed by atoms with Gasteiger partial charge in [0, 0.05) is 38.3 Å². The van der Waals surface area contributed by atoms with Crippen LogP contribution in [0.15, 0.2) is 41.3 Å². The van der Waals surface area contributed by atoms with Crippen LogP contribution < -0.4 is 14.8 Å². The third-order valence-corrected chi connectivity index (χ3v) is 6.62. The summed E-state index contributed by atoms with van der Waals surface area (Å²) < 4.78 is 39.1. The molecule has 1 N–H and O–H groups in total. The van der Waals surface area contributed by atoms with Crippen LogP contribution in [0.1, 0.15) is 18.1 Å².